The molecule has 1 aliphatic rings. The van der Waals surface area contributed by atoms with Crippen LogP contribution in [0.15, 0.2) is 0 Å². The van der Waals surface area contributed by atoms with Gasteiger partial charge in [-0.25, -0.2) is 0 Å². The van der Waals surface area contributed by atoms with E-state index in [0.717, 1.165) is 51.7 Å². The summed E-state index contributed by atoms with van der Waals surface area (Å²) in [5, 5.41) is 9.90. The van der Waals surface area contributed by atoms with E-state index in [4.69, 9.17) is 18.9 Å². The molecule has 0 heterocycles. The van der Waals surface area contributed by atoms with Crippen LogP contribution in [0.25, 0.3) is 0 Å². The zero-order valence-corrected chi connectivity index (χ0v) is 42.5. The molecular weight excluding hydrogens is 789 g/mol. The van der Waals surface area contributed by atoms with Crippen molar-refractivity contribution in [1.29, 1.82) is 0 Å². The maximum absolute atomic E-state index is 13.1. The molecule has 374 valence electrons. The van der Waals surface area contributed by atoms with Crippen LogP contribution in [0.4, 0.5) is 0 Å². The number of hydrogen-bond acceptors (Lipinski definition) is 9. The normalized spacial score (nSPS) is 15.0. The van der Waals surface area contributed by atoms with E-state index in [1.807, 2.05) is 0 Å². The Morgan fingerprint density at radius 1 is 0.524 bits per heavy atom. The Kier molecular flexibility index (Phi) is 42.3. The highest BCUT2D eigenvalue weighted by atomic mass is 16.6. The molecule has 0 aromatic rings. The molecule has 1 fully saturated rings. The predicted octanol–water partition coefficient (Wildman–Crippen LogP) is 13.3. The summed E-state index contributed by atoms with van der Waals surface area (Å²) >= 11 is 0. The van der Waals surface area contributed by atoms with E-state index in [0.29, 0.717) is 50.8 Å². The van der Waals surface area contributed by atoms with Gasteiger partial charge in [0.2, 0.25) is 0 Å². The molecule has 63 heavy (non-hydrogen) atoms. The van der Waals surface area contributed by atoms with Gasteiger partial charge in [0.05, 0.1) is 58.6 Å². The summed E-state index contributed by atoms with van der Waals surface area (Å²) in [6, 6.07) is 0.546. The molecule has 3 atom stereocenters. The van der Waals surface area contributed by atoms with Gasteiger partial charge in [-0.3, -0.25) is 19.4 Å². The van der Waals surface area contributed by atoms with Crippen LogP contribution in [0.5, 0.6) is 0 Å². The summed E-state index contributed by atoms with van der Waals surface area (Å²) in [7, 11) is 0. The number of aliphatic hydroxyl groups is 1. The van der Waals surface area contributed by atoms with Crippen LogP contribution in [-0.2, 0) is 28.5 Å². The molecule has 1 rings (SSSR count). The van der Waals surface area contributed by atoms with E-state index >= 15 is 0 Å². The highest BCUT2D eigenvalue weighted by Gasteiger charge is 2.23. The van der Waals surface area contributed by atoms with Gasteiger partial charge in [-0.15, -0.1) is 0 Å². The molecule has 0 aliphatic heterocycles. The molecule has 0 amide bonds. The third-order valence-electron chi connectivity index (χ3n) is 13.4. The van der Waals surface area contributed by atoms with Gasteiger partial charge in [-0.2, -0.15) is 0 Å². The molecule has 0 bridgehead atoms. The SMILES string of the molecule is CCCCCCCCC(CCCCCC)COC(=O)CCOCC(CN(CCC)CCN(CCO)C1CCCCC1)OCCC(=O)OCC(CCCCCC)CCCCCCCC. The molecule has 0 saturated heterocycles. The minimum atomic E-state index is -0.245. The molecule has 0 aromatic heterocycles. The molecule has 1 saturated carbocycles. The quantitative estimate of drug-likeness (QED) is 0.0473. The first kappa shape index (κ1) is 59.8. The Morgan fingerprint density at radius 2 is 0.984 bits per heavy atom. The number of rotatable bonds is 47. The topological polar surface area (TPSA) is 97.8 Å². The lowest BCUT2D eigenvalue weighted by atomic mass is 9.94. The number of unbranched alkanes of at least 4 members (excludes halogenated alkanes) is 16. The van der Waals surface area contributed by atoms with Crippen molar-refractivity contribution in [1.82, 2.24) is 9.80 Å². The zero-order valence-electron chi connectivity index (χ0n) is 42.5. The summed E-state index contributed by atoms with van der Waals surface area (Å²) in [4.78, 5) is 31.0. The minimum Gasteiger partial charge on any atom is -0.465 e. The number of nitrogens with zero attached hydrogens (tertiary/aromatic N) is 2. The maximum atomic E-state index is 13.1. The van der Waals surface area contributed by atoms with Gasteiger partial charge in [-0.1, -0.05) is 182 Å². The van der Waals surface area contributed by atoms with Crippen molar-refractivity contribution in [2.75, 3.05) is 72.4 Å². The van der Waals surface area contributed by atoms with Gasteiger partial charge in [0.15, 0.2) is 0 Å². The van der Waals surface area contributed by atoms with E-state index in [9.17, 15) is 14.7 Å². The summed E-state index contributed by atoms with van der Waals surface area (Å²) in [5.41, 5.74) is 0. The average molecular weight is 895 g/mol. The van der Waals surface area contributed by atoms with Crippen LogP contribution in [0.3, 0.4) is 0 Å². The fraction of sp³-hybridized carbons (Fsp3) is 0.963. The summed E-state index contributed by atoms with van der Waals surface area (Å²) in [6.45, 7) is 17.5. The zero-order chi connectivity index (χ0) is 45.9. The third kappa shape index (κ3) is 35.6. The first-order valence-electron chi connectivity index (χ1n) is 27.5. The Labute approximate surface area is 390 Å². The minimum absolute atomic E-state index is 0.180. The van der Waals surface area contributed by atoms with Gasteiger partial charge in [0.25, 0.3) is 0 Å². The number of hydrogen-bond donors (Lipinski definition) is 1. The van der Waals surface area contributed by atoms with Crippen LogP contribution in [0, 0.1) is 11.8 Å². The summed E-state index contributed by atoms with van der Waals surface area (Å²) < 4.78 is 24.4. The second-order valence-corrected chi connectivity index (χ2v) is 19.3. The number of carbonyl (C=O) groups is 2. The fourth-order valence-electron chi connectivity index (χ4n) is 9.39. The first-order chi connectivity index (χ1) is 30.9. The fourth-order valence-corrected chi connectivity index (χ4v) is 9.39. The van der Waals surface area contributed by atoms with Crippen molar-refractivity contribution in [3.05, 3.63) is 0 Å². The Balaban J connectivity index is 2.80. The van der Waals surface area contributed by atoms with Crippen molar-refractivity contribution < 1.29 is 33.6 Å². The molecule has 0 spiro atoms. The Bertz CT molecular complexity index is 995. The molecule has 0 aromatic carbocycles. The predicted molar refractivity (Wildman–Crippen MR) is 264 cm³/mol. The molecule has 1 aliphatic carbocycles. The van der Waals surface area contributed by atoms with Crippen molar-refractivity contribution in [3.63, 3.8) is 0 Å². The second-order valence-electron chi connectivity index (χ2n) is 19.3. The number of aliphatic hydroxyl groups excluding tert-OH is 1. The highest BCUT2D eigenvalue weighted by molar-refractivity contribution is 5.69. The largest absolute Gasteiger partial charge is 0.465 e. The van der Waals surface area contributed by atoms with Crippen molar-refractivity contribution in [3.8, 4) is 0 Å². The third-order valence-corrected chi connectivity index (χ3v) is 13.4. The monoisotopic (exact) mass is 895 g/mol. The van der Waals surface area contributed by atoms with E-state index < -0.39 is 0 Å². The molecule has 3 unspecified atom stereocenters. The lowest BCUT2D eigenvalue weighted by Gasteiger charge is -2.36. The molecule has 9 heteroatoms. The molecule has 1 N–H and O–H groups in total. The van der Waals surface area contributed by atoms with E-state index in [1.165, 1.54) is 161 Å². The molecule has 9 nitrogen and oxygen atoms in total. The van der Waals surface area contributed by atoms with Crippen LogP contribution < -0.4 is 0 Å². The van der Waals surface area contributed by atoms with Crippen LogP contribution >= 0.6 is 0 Å². The number of esters is 2. The van der Waals surface area contributed by atoms with Crippen molar-refractivity contribution >= 4 is 11.9 Å². The Morgan fingerprint density at radius 3 is 1.46 bits per heavy atom. The lowest BCUT2D eigenvalue weighted by Crippen LogP contribution is -2.45. The maximum Gasteiger partial charge on any atom is 0.308 e. The number of ether oxygens (including phenoxy) is 4. The lowest BCUT2D eigenvalue weighted by molar-refractivity contribution is -0.149. The standard InChI is InChI=1S/C54H106N2O7/c1-6-11-15-19-21-26-32-49(30-24-17-13-8-3)46-62-53(58)36-43-60-48-52(45-55(38-10-5)39-40-56(41-42-57)51-34-28-23-29-35-51)61-44-37-54(59)63-47-50(31-25-18-14-9-4)33-27-22-20-16-12-7-2/h49-52,57H,6-48H2,1-5H3. The Hall–Kier alpha value is -1.26. The van der Waals surface area contributed by atoms with Crippen molar-refractivity contribution in [2.45, 2.75) is 252 Å². The molecular formula is C54H106N2O7. The smallest absolute Gasteiger partial charge is 0.308 e. The van der Waals surface area contributed by atoms with Gasteiger partial charge in [-0.05, 0) is 63.3 Å². The van der Waals surface area contributed by atoms with Gasteiger partial charge in [0, 0.05) is 32.2 Å². The summed E-state index contributed by atoms with van der Waals surface area (Å²) in [6.07, 6.45) is 37.4. The van der Waals surface area contributed by atoms with Crippen LogP contribution in [0.1, 0.15) is 240 Å². The van der Waals surface area contributed by atoms with E-state index in [2.05, 4.69) is 44.4 Å². The van der Waals surface area contributed by atoms with Gasteiger partial charge < -0.3 is 24.1 Å². The van der Waals surface area contributed by atoms with E-state index in [1.54, 1.807) is 0 Å². The number of carbonyl (C=O) groups excluding carboxylic acids is 2. The van der Waals surface area contributed by atoms with Crippen LogP contribution in [0.2, 0.25) is 0 Å². The summed E-state index contributed by atoms with van der Waals surface area (Å²) in [5.74, 6) is 0.507. The van der Waals surface area contributed by atoms with E-state index in [-0.39, 0.29) is 50.7 Å². The van der Waals surface area contributed by atoms with Crippen LogP contribution in [-0.4, -0.2) is 111 Å². The average Bonchev–Trinajstić information content (AvgIpc) is 3.29. The van der Waals surface area contributed by atoms with Gasteiger partial charge in [0.1, 0.15) is 0 Å². The van der Waals surface area contributed by atoms with Gasteiger partial charge >= 0.3 is 11.9 Å². The van der Waals surface area contributed by atoms with Crippen molar-refractivity contribution in [2.24, 2.45) is 11.8 Å². The first-order valence-corrected chi connectivity index (χ1v) is 27.5. The molecule has 0 radical (unpaired) electrons. The highest BCUT2D eigenvalue weighted by Crippen LogP contribution is 2.24. The second kappa shape index (κ2) is 44.6.